The van der Waals surface area contributed by atoms with E-state index in [4.69, 9.17) is 4.74 Å². The third-order valence-corrected chi connectivity index (χ3v) is 1.86. The van der Waals surface area contributed by atoms with Gasteiger partial charge in [-0.2, -0.15) is 0 Å². The number of hydrogen-bond acceptors (Lipinski definition) is 2. The lowest BCUT2D eigenvalue weighted by molar-refractivity contribution is -0.124. The van der Waals surface area contributed by atoms with Crippen molar-refractivity contribution >= 4 is 5.91 Å². The van der Waals surface area contributed by atoms with Gasteiger partial charge in [-0.3, -0.25) is 4.79 Å². The zero-order valence-corrected chi connectivity index (χ0v) is 5.09. The van der Waals surface area contributed by atoms with Gasteiger partial charge in [0, 0.05) is 0 Å². The molecule has 0 aromatic rings. The summed E-state index contributed by atoms with van der Waals surface area (Å²) in [6, 6.07) is 0. The van der Waals surface area contributed by atoms with E-state index < -0.39 is 0 Å². The maximum atomic E-state index is 10.8. The first-order valence-corrected chi connectivity index (χ1v) is 3.32. The maximum Gasteiger partial charge on any atom is 0.251 e. The number of fused-ring (bicyclic) bond motifs is 2. The highest BCUT2D eigenvalue weighted by molar-refractivity contribution is 5.82. The quantitative estimate of drug-likeness (QED) is 0.498. The molecule has 3 nitrogen and oxygen atoms in total. The minimum atomic E-state index is -0.122. The fourth-order valence-corrected chi connectivity index (χ4v) is 1.37. The molecule has 1 amide bonds. The van der Waals surface area contributed by atoms with E-state index in [0.29, 0.717) is 0 Å². The van der Waals surface area contributed by atoms with Gasteiger partial charge in [-0.25, -0.2) is 0 Å². The van der Waals surface area contributed by atoms with Gasteiger partial charge in [-0.1, -0.05) is 0 Å². The van der Waals surface area contributed by atoms with E-state index in [-0.39, 0.29) is 18.2 Å². The van der Waals surface area contributed by atoms with Gasteiger partial charge < -0.3 is 10.1 Å². The SMILES string of the molecule is O=C1NC2CCCC1O2. The second-order valence-electron chi connectivity index (χ2n) is 2.55. The van der Waals surface area contributed by atoms with Crippen LogP contribution in [0.15, 0.2) is 0 Å². The van der Waals surface area contributed by atoms with Crippen LogP contribution in [0.1, 0.15) is 19.3 Å². The minimum absolute atomic E-state index is 0.0382. The predicted octanol–water partition coefficient (Wildman–Crippen LogP) is 0.0114. The molecule has 2 rings (SSSR count). The van der Waals surface area contributed by atoms with Crippen molar-refractivity contribution in [3.63, 3.8) is 0 Å². The Morgan fingerprint density at radius 1 is 1.56 bits per heavy atom. The zero-order chi connectivity index (χ0) is 6.27. The molecule has 2 saturated heterocycles. The van der Waals surface area contributed by atoms with Gasteiger partial charge in [0.2, 0.25) is 0 Å². The van der Waals surface area contributed by atoms with E-state index in [2.05, 4.69) is 5.32 Å². The number of amides is 1. The molecule has 0 aromatic carbocycles. The van der Waals surface area contributed by atoms with Crippen LogP contribution in [0.5, 0.6) is 0 Å². The summed E-state index contributed by atoms with van der Waals surface area (Å²) in [6.45, 7) is 0. The molecule has 9 heavy (non-hydrogen) atoms. The van der Waals surface area contributed by atoms with Crippen LogP contribution in [0.3, 0.4) is 0 Å². The molecule has 0 aromatic heterocycles. The summed E-state index contributed by atoms with van der Waals surface area (Å²) in [5, 5.41) is 2.75. The van der Waals surface area contributed by atoms with Crippen molar-refractivity contribution in [1.29, 1.82) is 0 Å². The van der Waals surface area contributed by atoms with Crippen LogP contribution < -0.4 is 5.32 Å². The highest BCUT2D eigenvalue weighted by Crippen LogP contribution is 2.22. The molecule has 0 radical (unpaired) electrons. The summed E-state index contributed by atoms with van der Waals surface area (Å²) >= 11 is 0. The minimum Gasteiger partial charge on any atom is -0.345 e. The Morgan fingerprint density at radius 2 is 2.44 bits per heavy atom. The van der Waals surface area contributed by atoms with Crippen LogP contribution in [-0.2, 0) is 9.53 Å². The second-order valence-corrected chi connectivity index (χ2v) is 2.55. The normalized spacial score (nSPS) is 40.7. The van der Waals surface area contributed by atoms with E-state index in [1.807, 2.05) is 0 Å². The maximum absolute atomic E-state index is 10.8. The smallest absolute Gasteiger partial charge is 0.251 e. The average Bonchev–Trinajstić information content (AvgIpc) is 2.09. The molecule has 2 aliphatic rings. The van der Waals surface area contributed by atoms with E-state index >= 15 is 0 Å². The van der Waals surface area contributed by atoms with Gasteiger partial charge in [0.1, 0.15) is 12.3 Å². The summed E-state index contributed by atoms with van der Waals surface area (Å²) in [4.78, 5) is 10.8. The van der Waals surface area contributed by atoms with Crippen molar-refractivity contribution in [3.8, 4) is 0 Å². The summed E-state index contributed by atoms with van der Waals surface area (Å²) in [5.74, 6) is 0.0810. The number of carbonyl (C=O) groups excluding carboxylic acids is 1. The Labute approximate surface area is 53.4 Å². The van der Waals surface area contributed by atoms with E-state index in [0.717, 1.165) is 19.3 Å². The fraction of sp³-hybridized carbons (Fsp3) is 0.833. The third-order valence-electron chi connectivity index (χ3n) is 1.86. The molecule has 1 N–H and O–H groups in total. The molecule has 0 aliphatic carbocycles. The Balaban J connectivity index is 2.15. The van der Waals surface area contributed by atoms with Gasteiger partial charge in [0.15, 0.2) is 0 Å². The van der Waals surface area contributed by atoms with Crippen LogP contribution in [0, 0.1) is 0 Å². The van der Waals surface area contributed by atoms with Crippen molar-refractivity contribution in [1.82, 2.24) is 5.32 Å². The average molecular weight is 127 g/mol. The lowest BCUT2D eigenvalue weighted by Gasteiger charge is -2.15. The van der Waals surface area contributed by atoms with Crippen molar-refractivity contribution in [2.45, 2.75) is 31.6 Å². The first-order chi connectivity index (χ1) is 4.36. The van der Waals surface area contributed by atoms with E-state index in [1.54, 1.807) is 0 Å². The molecule has 2 bridgehead atoms. The van der Waals surface area contributed by atoms with Crippen LogP contribution >= 0.6 is 0 Å². The van der Waals surface area contributed by atoms with Crippen molar-refractivity contribution in [2.75, 3.05) is 0 Å². The molecule has 2 fully saturated rings. The molecule has 0 saturated carbocycles. The van der Waals surface area contributed by atoms with Crippen LogP contribution in [-0.4, -0.2) is 18.2 Å². The van der Waals surface area contributed by atoms with Crippen LogP contribution in [0.4, 0.5) is 0 Å². The molecular formula is C6H9NO2. The van der Waals surface area contributed by atoms with Crippen molar-refractivity contribution in [2.24, 2.45) is 0 Å². The van der Waals surface area contributed by atoms with Crippen molar-refractivity contribution < 1.29 is 9.53 Å². The summed E-state index contributed by atoms with van der Waals surface area (Å²) in [5.41, 5.74) is 0. The van der Waals surface area contributed by atoms with Crippen LogP contribution in [0.2, 0.25) is 0 Å². The molecule has 0 spiro atoms. The number of carbonyl (C=O) groups is 1. The second kappa shape index (κ2) is 1.70. The summed E-state index contributed by atoms with van der Waals surface area (Å²) in [7, 11) is 0. The lowest BCUT2D eigenvalue weighted by atomic mass is 10.1. The largest absolute Gasteiger partial charge is 0.345 e. The molecule has 2 heterocycles. The number of hydrogen-bond donors (Lipinski definition) is 1. The molecule has 2 atom stereocenters. The molecule has 3 heteroatoms. The number of rotatable bonds is 0. The number of ether oxygens (including phenoxy) is 1. The Morgan fingerprint density at radius 3 is 3.11 bits per heavy atom. The van der Waals surface area contributed by atoms with Gasteiger partial charge in [-0.15, -0.1) is 0 Å². The molecule has 2 unspecified atom stereocenters. The van der Waals surface area contributed by atoms with Gasteiger partial charge in [0.05, 0.1) is 0 Å². The van der Waals surface area contributed by atoms with Gasteiger partial charge in [0.25, 0.3) is 5.91 Å². The topological polar surface area (TPSA) is 38.3 Å². The third kappa shape index (κ3) is 0.721. The molecular weight excluding hydrogens is 118 g/mol. The number of nitrogens with one attached hydrogen (secondary N) is 1. The van der Waals surface area contributed by atoms with Crippen LogP contribution in [0.25, 0.3) is 0 Å². The highest BCUT2D eigenvalue weighted by Gasteiger charge is 2.35. The highest BCUT2D eigenvalue weighted by atomic mass is 16.5. The molecule has 2 aliphatic heterocycles. The first-order valence-electron chi connectivity index (χ1n) is 3.32. The lowest BCUT2D eigenvalue weighted by Crippen LogP contribution is -2.25. The van der Waals surface area contributed by atoms with Crippen molar-refractivity contribution in [3.05, 3.63) is 0 Å². The van der Waals surface area contributed by atoms with E-state index in [9.17, 15) is 4.79 Å². The standard InChI is InChI=1S/C6H9NO2/c8-6-4-2-1-3-5(7-6)9-4/h4-5H,1-3H2,(H,7,8). The monoisotopic (exact) mass is 127 g/mol. The Kier molecular flexibility index (Phi) is 0.990. The van der Waals surface area contributed by atoms with E-state index in [1.165, 1.54) is 0 Å². The van der Waals surface area contributed by atoms with Gasteiger partial charge >= 0.3 is 0 Å². The Bertz CT molecular complexity index is 146. The predicted molar refractivity (Wildman–Crippen MR) is 30.7 cm³/mol. The summed E-state index contributed by atoms with van der Waals surface area (Å²) in [6.07, 6.45) is 2.93. The Hall–Kier alpha value is -0.570. The summed E-state index contributed by atoms with van der Waals surface area (Å²) < 4.78 is 5.25. The first kappa shape index (κ1) is 5.23. The fourth-order valence-electron chi connectivity index (χ4n) is 1.37. The molecule has 50 valence electrons. The zero-order valence-electron chi connectivity index (χ0n) is 5.09. The van der Waals surface area contributed by atoms with Gasteiger partial charge in [-0.05, 0) is 19.3 Å².